The third-order valence-electron chi connectivity index (χ3n) is 2.37. The summed E-state index contributed by atoms with van der Waals surface area (Å²) in [4.78, 5) is 3.95. The van der Waals surface area contributed by atoms with Gasteiger partial charge in [0.2, 0.25) is 0 Å². The molecule has 1 aliphatic carbocycles. The third-order valence-corrected chi connectivity index (χ3v) is 2.67. The molecule has 2 rings (SSSR count). The molecule has 0 fully saturated rings. The molecule has 0 spiro atoms. The zero-order chi connectivity index (χ0) is 9.80. The number of rotatable bonds is 2. The van der Waals surface area contributed by atoms with Crippen molar-refractivity contribution in [2.45, 2.75) is 25.3 Å². The standard InChI is InChI=1S/C11H13ClN2/c12-10-8-13-7-6-11(10)14-9-4-2-1-3-5-9/h2,4,6-9H,1,3,5H2,(H,13,14). The van der Waals surface area contributed by atoms with Gasteiger partial charge in [-0.05, 0) is 25.3 Å². The van der Waals surface area contributed by atoms with Crippen molar-refractivity contribution in [3.05, 3.63) is 35.6 Å². The minimum atomic E-state index is 0.420. The number of halogens is 1. The summed E-state index contributed by atoms with van der Waals surface area (Å²) in [6.07, 6.45) is 11.5. The van der Waals surface area contributed by atoms with Gasteiger partial charge in [0.1, 0.15) is 0 Å². The van der Waals surface area contributed by atoms with Gasteiger partial charge in [0.05, 0.1) is 10.7 Å². The van der Waals surface area contributed by atoms with E-state index in [0.717, 1.165) is 5.69 Å². The van der Waals surface area contributed by atoms with E-state index in [1.54, 1.807) is 12.4 Å². The van der Waals surface area contributed by atoms with Crippen LogP contribution in [0.25, 0.3) is 0 Å². The van der Waals surface area contributed by atoms with E-state index in [1.165, 1.54) is 19.3 Å². The topological polar surface area (TPSA) is 24.9 Å². The van der Waals surface area contributed by atoms with Crippen LogP contribution in [-0.2, 0) is 0 Å². The Labute approximate surface area is 89.0 Å². The summed E-state index contributed by atoms with van der Waals surface area (Å²) in [7, 11) is 0. The molecule has 0 saturated heterocycles. The van der Waals surface area contributed by atoms with Crippen LogP contribution in [0, 0.1) is 0 Å². The molecule has 1 atom stereocenters. The summed E-state index contributed by atoms with van der Waals surface area (Å²) in [6.45, 7) is 0. The number of hydrogen-bond acceptors (Lipinski definition) is 2. The number of nitrogens with zero attached hydrogens (tertiary/aromatic N) is 1. The lowest BCUT2D eigenvalue weighted by Crippen LogP contribution is -2.18. The molecule has 14 heavy (non-hydrogen) atoms. The van der Waals surface area contributed by atoms with Crippen molar-refractivity contribution in [2.75, 3.05) is 5.32 Å². The first-order valence-electron chi connectivity index (χ1n) is 4.89. The van der Waals surface area contributed by atoms with Gasteiger partial charge in [-0.1, -0.05) is 23.8 Å². The van der Waals surface area contributed by atoms with Gasteiger partial charge in [-0.15, -0.1) is 0 Å². The number of anilines is 1. The second-order valence-electron chi connectivity index (χ2n) is 3.47. The van der Waals surface area contributed by atoms with Gasteiger partial charge in [-0.25, -0.2) is 0 Å². The first kappa shape index (κ1) is 9.53. The summed E-state index contributed by atoms with van der Waals surface area (Å²) in [5.41, 5.74) is 0.971. The zero-order valence-corrected chi connectivity index (χ0v) is 8.67. The Morgan fingerprint density at radius 1 is 1.50 bits per heavy atom. The first-order valence-corrected chi connectivity index (χ1v) is 5.27. The van der Waals surface area contributed by atoms with Crippen molar-refractivity contribution in [1.29, 1.82) is 0 Å². The lowest BCUT2D eigenvalue weighted by Gasteiger charge is -2.19. The van der Waals surface area contributed by atoms with Crippen LogP contribution in [0.15, 0.2) is 30.6 Å². The Kier molecular flexibility index (Phi) is 3.04. The van der Waals surface area contributed by atoms with Crippen LogP contribution in [0.5, 0.6) is 0 Å². The van der Waals surface area contributed by atoms with Gasteiger partial charge < -0.3 is 5.32 Å². The van der Waals surface area contributed by atoms with Gasteiger partial charge in [0, 0.05) is 18.4 Å². The molecule has 1 aliphatic rings. The molecule has 0 bridgehead atoms. The average molecular weight is 209 g/mol. The minimum Gasteiger partial charge on any atom is -0.378 e. The first-order chi connectivity index (χ1) is 6.86. The molecule has 0 aromatic carbocycles. The number of nitrogens with one attached hydrogen (secondary N) is 1. The van der Waals surface area contributed by atoms with E-state index >= 15 is 0 Å². The number of pyridine rings is 1. The van der Waals surface area contributed by atoms with Gasteiger partial charge in [-0.2, -0.15) is 0 Å². The third kappa shape index (κ3) is 2.26. The number of allylic oxidation sites excluding steroid dienone is 1. The second kappa shape index (κ2) is 4.47. The highest BCUT2D eigenvalue weighted by atomic mass is 35.5. The summed E-state index contributed by atoms with van der Waals surface area (Å²) < 4.78 is 0. The Balaban J connectivity index is 2.06. The molecular formula is C11H13ClN2. The second-order valence-corrected chi connectivity index (χ2v) is 3.87. The molecular weight excluding hydrogens is 196 g/mol. The predicted molar refractivity (Wildman–Crippen MR) is 59.6 cm³/mol. The fraction of sp³-hybridized carbons (Fsp3) is 0.364. The normalized spacial score (nSPS) is 20.8. The quantitative estimate of drug-likeness (QED) is 0.755. The average Bonchev–Trinajstić information content (AvgIpc) is 2.23. The molecule has 0 aliphatic heterocycles. The van der Waals surface area contributed by atoms with Crippen molar-refractivity contribution in [1.82, 2.24) is 4.98 Å². The molecule has 1 heterocycles. The molecule has 74 valence electrons. The minimum absolute atomic E-state index is 0.420. The summed E-state index contributed by atoms with van der Waals surface area (Å²) in [6, 6.07) is 2.33. The largest absolute Gasteiger partial charge is 0.378 e. The summed E-state index contributed by atoms with van der Waals surface area (Å²) >= 11 is 5.99. The van der Waals surface area contributed by atoms with Crippen LogP contribution >= 0.6 is 11.6 Å². The molecule has 1 aromatic heterocycles. The fourth-order valence-corrected chi connectivity index (χ4v) is 1.80. The highest BCUT2D eigenvalue weighted by Gasteiger charge is 2.09. The van der Waals surface area contributed by atoms with Crippen molar-refractivity contribution in [3.8, 4) is 0 Å². The molecule has 1 unspecified atom stereocenters. The Morgan fingerprint density at radius 3 is 3.14 bits per heavy atom. The molecule has 3 heteroatoms. The highest BCUT2D eigenvalue weighted by molar-refractivity contribution is 6.33. The molecule has 0 radical (unpaired) electrons. The maximum absolute atomic E-state index is 5.99. The SMILES string of the molecule is Clc1cnccc1NC1C=CCCC1. The Hall–Kier alpha value is -1.02. The zero-order valence-electron chi connectivity index (χ0n) is 7.91. The monoisotopic (exact) mass is 208 g/mol. The maximum atomic E-state index is 5.99. The van der Waals surface area contributed by atoms with E-state index in [0.29, 0.717) is 11.1 Å². The Morgan fingerprint density at radius 2 is 2.43 bits per heavy atom. The summed E-state index contributed by atoms with van der Waals surface area (Å²) in [5.74, 6) is 0. The molecule has 2 nitrogen and oxygen atoms in total. The smallest absolute Gasteiger partial charge is 0.0820 e. The van der Waals surface area contributed by atoms with Crippen LogP contribution in [-0.4, -0.2) is 11.0 Å². The van der Waals surface area contributed by atoms with Crippen molar-refractivity contribution in [2.24, 2.45) is 0 Å². The fourth-order valence-electron chi connectivity index (χ4n) is 1.62. The van der Waals surface area contributed by atoms with Gasteiger partial charge in [-0.3, -0.25) is 4.98 Å². The maximum Gasteiger partial charge on any atom is 0.0820 e. The number of hydrogen-bond donors (Lipinski definition) is 1. The van der Waals surface area contributed by atoms with Crippen molar-refractivity contribution >= 4 is 17.3 Å². The van der Waals surface area contributed by atoms with E-state index in [-0.39, 0.29) is 0 Å². The predicted octanol–water partition coefficient (Wildman–Crippen LogP) is 3.26. The van der Waals surface area contributed by atoms with Crippen LogP contribution in [0.2, 0.25) is 5.02 Å². The van der Waals surface area contributed by atoms with Crippen molar-refractivity contribution < 1.29 is 0 Å². The van der Waals surface area contributed by atoms with Crippen LogP contribution < -0.4 is 5.32 Å². The van der Waals surface area contributed by atoms with E-state index in [4.69, 9.17) is 11.6 Å². The highest BCUT2D eigenvalue weighted by Crippen LogP contribution is 2.22. The molecule has 0 amide bonds. The van der Waals surface area contributed by atoms with Gasteiger partial charge in [0.15, 0.2) is 0 Å². The van der Waals surface area contributed by atoms with E-state index < -0.39 is 0 Å². The molecule has 0 saturated carbocycles. The van der Waals surface area contributed by atoms with Crippen LogP contribution in [0.1, 0.15) is 19.3 Å². The van der Waals surface area contributed by atoms with E-state index in [2.05, 4.69) is 22.5 Å². The Bertz CT molecular complexity index is 336. The number of aromatic nitrogens is 1. The summed E-state index contributed by atoms with van der Waals surface area (Å²) in [5, 5.41) is 4.08. The molecule has 1 N–H and O–H groups in total. The molecule has 1 aromatic rings. The van der Waals surface area contributed by atoms with Crippen molar-refractivity contribution in [3.63, 3.8) is 0 Å². The van der Waals surface area contributed by atoms with Gasteiger partial charge >= 0.3 is 0 Å². The van der Waals surface area contributed by atoms with E-state index in [1.807, 2.05) is 6.07 Å². The van der Waals surface area contributed by atoms with Crippen LogP contribution in [0.4, 0.5) is 5.69 Å². The lowest BCUT2D eigenvalue weighted by molar-refractivity contribution is 0.673. The van der Waals surface area contributed by atoms with Gasteiger partial charge in [0.25, 0.3) is 0 Å². The lowest BCUT2D eigenvalue weighted by atomic mass is 10.0. The van der Waals surface area contributed by atoms with E-state index in [9.17, 15) is 0 Å². The van der Waals surface area contributed by atoms with Crippen LogP contribution in [0.3, 0.4) is 0 Å².